The maximum atomic E-state index is 10.6. The van der Waals surface area contributed by atoms with E-state index >= 15 is 0 Å². The number of aromatic nitrogens is 2. The molecule has 0 radical (unpaired) electrons. The number of fused-ring (bicyclic) bond motifs is 1. The Bertz CT molecular complexity index is 607. The number of ether oxygens (including phenoxy) is 1. The van der Waals surface area contributed by atoms with Gasteiger partial charge in [-0.25, -0.2) is 4.63 Å². The average molecular weight is 278 g/mol. The van der Waals surface area contributed by atoms with Crippen LogP contribution in [0.25, 0.3) is 11.0 Å². The van der Waals surface area contributed by atoms with E-state index in [0.717, 1.165) is 5.69 Å². The molecule has 0 aliphatic carbocycles. The first kappa shape index (κ1) is 13.1. The maximum absolute atomic E-state index is 10.6. The minimum absolute atomic E-state index is 0.502. The molecule has 20 heavy (non-hydrogen) atoms. The lowest BCUT2D eigenvalue weighted by Crippen LogP contribution is -2.45. The van der Waals surface area contributed by atoms with Gasteiger partial charge in [0.25, 0.3) is 0 Å². The molecule has 0 atom stereocenters. The molecular formula is C13H18N4O3. The maximum Gasteiger partial charge on any atom is 0.160 e. The zero-order valence-corrected chi connectivity index (χ0v) is 11.4. The van der Waals surface area contributed by atoms with Crippen LogP contribution in [0.4, 0.5) is 11.4 Å². The summed E-state index contributed by atoms with van der Waals surface area (Å²) in [6.07, 6.45) is 1.26. The molecule has 2 heterocycles. The average Bonchev–Trinajstić information content (AvgIpc) is 2.89. The Morgan fingerprint density at radius 1 is 1.30 bits per heavy atom. The van der Waals surface area contributed by atoms with Gasteiger partial charge in [0.2, 0.25) is 0 Å². The van der Waals surface area contributed by atoms with E-state index in [9.17, 15) is 5.11 Å². The van der Waals surface area contributed by atoms with Crippen molar-refractivity contribution >= 4 is 22.4 Å². The number of hydrogen-bond acceptors (Lipinski definition) is 7. The summed E-state index contributed by atoms with van der Waals surface area (Å²) in [5.74, 6) is 0. The number of nitrogens with two attached hydrogens (primary N) is 1. The molecule has 1 fully saturated rings. The standard InChI is InChI=1S/C13H18N4O3/c1-17(8-13(18)4-6-19-7-5-13)10-3-2-9(14)11-12(10)16-20-15-11/h2-3,18H,4-8,14H2,1H3. The quantitative estimate of drug-likeness (QED) is 0.801. The highest BCUT2D eigenvalue weighted by molar-refractivity contribution is 5.95. The van der Waals surface area contributed by atoms with E-state index in [-0.39, 0.29) is 0 Å². The lowest BCUT2D eigenvalue weighted by Gasteiger charge is -2.36. The second kappa shape index (κ2) is 4.92. The number of anilines is 2. The fourth-order valence-electron chi connectivity index (χ4n) is 2.62. The van der Waals surface area contributed by atoms with Crippen molar-refractivity contribution in [3.05, 3.63) is 12.1 Å². The summed E-state index contributed by atoms with van der Waals surface area (Å²) >= 11 is 0. The van der Waals surface area contributed by atoms with Crippen molar-refractivity contribution in [1.29, 1.82) is 0 Å². The van der Waals surface area contributed by atoms with Crippen molar-refractivity contribution in [1.82, 2.24) is 10.3 Å². The highest BCUT2D eigenvalue weighted by Gasteiger charge is 2.31. The van der Waals surface area contributed by atoms with E-state index in [1.165, 1.54) is 0 Å². The lowest BCUT2D eigenvalue weighted by molar-refractivity contribution is -0.0572. The molecule has 0 unspecified atom stereocenters. The summed E-state index contributed by atoms with van der Waals surface area (Å²) < 4.78 is 10.1. The van der Waals surface area contributed by atoms with Crippen LogP contribution in [0.3, 0.4) is 0 Å². The third kappa shape index (κ3) is 2.30. The van der Waals surface area contributed by atoms with Gasteiger partial charge in [-0.15, -0.1) is 0 Å². The third-order valence-corrected chi connectivity index (χ3v) is 3.79. The van der Waals surface area contributed by atoms with Crippen LogP contribution in [-0.4, -0.2) is 47.8 Å². The smallest absolute Gasteiger partial charge is 0.160 e. The van der Waals surface area contributed by atoms with Crippen LogP contribution in [0.5, 0.6) is 0 Å². The number of aliphatic hydroxyl groups is 1. The summed E-state index contributed by atoms with van der Waals surface area (Å²) in [5.41, 5.74) is 7.63. The van der Waals surface area contributed by atoms with Gasteiger partial charge in [-0.2, -0.15) is 0 Å². The molecule has 2 aromatic rings. The fraction of sp³-hybridized carbons (Fsp3) is 0.538. The largest absolute Gasteiger partial charge is 0.397 e. The Morgan fingerprint density at radius 2 is 2.00 bits per heavy atom. The molecule has 1 aromatic carbocycles. The van der Waals surface area contributed by atoms with Crippen molar-refractivity contribution < 1.29 is 14.5 Å². The summed E-state index contributed by atoms with van der Waals surface area (Å²) in [4.78, 5) is 1.96. The van der Waals surface area contributed by atoms with Gasteiger partial charge in [-0.3, -0.25) is 0 Å². The number of nitrogens with zero attached hydrogens (tertiary/aromatic N) is 3. The van der Waals surface area contributed by atoms with Crippen molar-refractivity contribution in [2.75, 3.05) is 37.4 Å². The molecule has 0 saturated carbocycles. The Balaban J connectivity index is 1.87. The fourth-order valence-corrected chi connectivity index (χ4v) is 2.62. The molecule has 3 N–H and O–H groups in total. The first-order valence-corrected chi connectivity index (χ1v) is 6.61. The highest BCUT2D eigenvalue weighted by Crippen LogP contribution is 2.30. The van der Waals surface area contributed by atoms with Crippen LogP contribution in [0, 0.1) is 0 Å². The normalized spacial score (nSPS) is 18.3. The number of likely N-dealkylation sites (N-methyl/N-ethyl adjacent to an activating group) is 1. The minimum Gasteiger partial charge on any atom is -0.397 e. The number of nitrogen functional groups attached to an aromatic ring is 1. The molecular weight excluding hydrogens is 260 g/mol. The van der Waals surface area contributed by atoms with Gasteiger partial charge in [0.05, 0.1) is 17.0 Å². The first-order chi connectivity index (χ1) is 9.59. The summed E-state index contributed by atoms with van der Waals surface area (Å²) in [6, 6.07) is 3.64. The Hall–Kier alpha value is -1.86. The van der Waals surface area contributed by atoms with Crippen LogP contribution in [0.15, 0.2) is 16.8 Å². The molecule has 1 aromatic heterocycles. The van der Waals surface area contributed by atoms with Crippen LogP contribution in [-0.2, 0) is 4.74 Å². The second-order valence-electron chi connectivity index (χ2n) is 5.33. The van der Waals surface area contributed by atoms with E-state index in [1.54, 1.807) is 6.07 Å². The summed E-state index contributed by atoms with van der Waals surface area (Å²) in [5, 5.41) is 18.3. The predicted molar refractivity (Wildman–Crippen MR) is 74.5 cm³/mol. The monoisotopic (exact) mass is 278 g/mol. The van der Waals surface area contributed by atoms with Crippen molar-refractivity contribution in [2.45, 2.75) is 18.4 Å². The van der Waals surface area contributed by atoms with Gasteiger partial charge in [-0.1, -0.05) is 0 Å². The van der Waals surface area contributed by atoms with Crippen LogP contribution in [0.2, 0.25) is 0 Å². The molecule has 0 amide bonds. The van der Waals surface area contributed by atoms with Crippen molar-refractivity contribution in [3.63, 3.8) is 0 Å². The molecule has 0 bridgehead atoms. The molecule has 3 rings (SSSR count). The zero-order valence-electron chi connectivity index (χ0n) is 11.4. The molecule has 7 nitrogen and oxygen atoms in total. The van der Waals surface area contributed by atoms with Gasteiger partial charge >= 0.3 is 0 Å². The number of benzene rings is 1. The summed E-state index contributed by atoms with van der Waals surface area (Å²) in [6.45, 7) is 1.68. The van der Waals surface area contributed by atoms with Gasteiger partial charge in [-0.05, 0) is 22.4 Å². The van der Waals surface area contributed by atoms with E-state index in [2.05, 4.69) is 10.3 Å². The molecule has 1 aliphatic heterocycles. The van der Waals surface area contributed by atoms with Gasteiger partial charge in [0.1, 0.15) is 0 Å². The van der Waals surface area contributed by atoms with E-state index in [4.69, 9.17) is 15.1 Å². The number of hydrogen-bond donors (Lipinski definition) is 2. The van der Waals surface area contributed by atoms with Crippen molar-refractivity contribution in [3.8, 4) is 0 Å². The Labute approximate surface area is 116 Å². The molecule has 1 saturated heterocycles. The van der Waals surface area contributed by atoms with Crippen LogP contribution >= 0.6 is 0 Å². The van der Waals surface area contributed by atoms with E-state index < -0.39 is 5.60 Å². The third-order valence-electron chi connectivity index (χ3n) is 3.79. The van der Waals surface area contributed by atoms with Gasteiger partial charge in [0, 0.05) is 39.6 Å². The first-order valence-electron chi connectivity index (χ1n) is 6.61. The van der Waals surface area contributed by atoms with E-state index in [0.29, 0.717) is 49.3 Å². The number of rotatable bonds is 3. The zero-order chi connectivity index (χ0) is 14.2. The molecule has 1 aliphatic rings. The lowest BCUT2D eigenvalue weighted by atomic mass is 9.93. The van der Waals surface area contributed by atoms with Crippen LogP contribution in [0.1, 0.15) is 12.8 Å². The minimum atomic E-state index is -0.738. The SMILES string of the molecule is CN(CC1(O)CCOCC1)c1ccc(N)c2nonc12. The molecule has 108 valence electrons. The summed E-state index contributed by atoms with van der Waals surface area (Å²) in [7, 11) is 1.91. The van der Waals surface area contributed by atoms with E-state index in [1.807, 2.05) is 18.0 Å². The van der Waals surface area contributed by atoms with Gasteiger partial charge < -0.3 is 20.5 Å². The molecule has 7 heteroatoms. The Morgan fingerprint density at radius 3 is 2.75 bits per heavy atom. The Kier molecular flexibility index (Phi) is 3.23. The van der Waals surface area contributed by atoms with Gasteiger partial charge in [0.15, 0.2) is 11.0 Å². The van der Waals surface area contributed by atoms with Crippen molar-refractivity contribution in [2.24, 2.45) is 0 Å². The second-order valence-corrected chi connectivity index (χ2v) is 5.33. The van der Waals surface area contributed by atoms with Crippen LogP contribution < -0.4 is 10.6 Å². The predicted octanol–water partition coefficient (Wildman–Crippen LogP) is 0.783. The molecule has 0 spiro atoms. The highest BCUT2D eigenvalue weighted by atomic mass is 16.6. The topological polar surface area (TPSA) is 97.6 Å².